The highest BCUT2D eigenvalue weighted by molar-refractivity contribution is 5.93. The van der Waals surface area contributed by atoms with Crippen LogP contribution in [0.2, 0.25) is 0 Å². The van der Waals surface area contributed by atoms with Crippen LogP contribution < -0.4 is 5.73 Å². The van der Waals surface area contributed by atoms with E-state index in [9.17, 15) is 4.79 Å². The van der Waals surface area contributed by atoms with Crippen LogP contribution in [0.5, 0.6) is 0 Å². The van der Waals surface area contributed by atoms with Gasteiger partial charge in [0, 0.05) is 30.6 Å². The molecule has 0 aliphatic rings. The van der Waals surface area contributed by atoms with Crippen LogP contribution in [0.3, 0.4) is 0 Å². The van der Waals surface area contributed by atoms with Gasteiger partial charge in [0.15, 0.2) is 0 Å². The SMILES string of the molecule is Cn1cc(-c2cc(C(N)=O)ccn2)cn1. The quantitative estimate of drug-likeness (QED) is 0.774. The summed E-state index contributed by atoms with van der Waals surface area (Å²) >= 11 is 0. The van der Waals surface area contributed by atoms with E-state index in [1.54, 1.807) is 29.2 Å². The van der Waals surface area contributed by atoms with Gasteiger partial charge in [0.1, 0.15) is 0 Å². The maximum Gasteiger partial charge on any atom is 0.248 e. The Hall–Kier alpha value is -2.17. The van der Waals surface area contributed by atoms with Crippen molar-refractivity contribution in [3.8, 4) is 11.3 Å². The average molecular weight is 202 g/mol. The van der Waals surface area contributed by atoms with Crippen molar-refractivity contribution >= 4 is 5.91 Å². The van der Waals surface area contributed by atoms with Crippen LogP contribution in [0.4, 0.5) is 0 Å². The second kappa shape index (κ2) is 3.53. The second-order valence-electron chi connectivity index (χ2n) is 3.20. The second-order valence-corrected chi connectivity index (χ2v) is 3.20. The number of carbonyl (C=O) groups excluding carboxylic acids is 1. The summed E-state index contributed by atoms with van der Waals surface area (Å²) in [4.78, 5) is 15.1. The lowest BCUT2D eigenvalue weighted by molar-refractivity contribution is 0.1000. The fraction of sp³-hybridized carbons (Fsp3) is 0.100. The lowest BCUT2D eigenvalue weighted by Crippen LogP contribution is -2.10. The summed E-state index contributed by atoms with van der Waals surface area (Å²) in [5.74, 6) is -0.456. The molecule has 2 N–H and O–H groups in total. The van der Waals surface area contributed by atoms with E-state index < -0.39 is 5.91 Å². The minimum Gasteiger partial charge on any atom is -0.366 e. The van der Waals surface area contributed by atoms with E-state index in [0.717, 1.165) is 5.56 Å². The standard InChI is InChI=1S/C10H10N4O/c1-14-6-8(5-13-14)9-4-7(10(11)15)2-3-12-9/h2-6H,1H3,(H2,11,15). The summed E-state index contributed by atoms with van der Waals surface area (Å²) in [7, 11) is 1.82. The number of primary amides is 1. The topological polar surface area (TPSA) is 73.8 Å². The molecule has 5 nitrogen and oxygen atoms in total. The Bertz CT molecular complexity index is 504. The van der Waals surface area contributed by atoms with E-state index in [1.165, 1.54) is 0 Å². The van der Waals surface area contributed by atoms with Crippen molar-refractivity contribution in [1.82, 2.24) is 14.8 Å². The number of amides is 1. The minimum absolute atomic E-state index is 0.448. The first kappa shape index (κ1) is 9.39. The lowest BCUT2D eigenvalue weighted by atomic mass is 10.1. The predicted molar refractivity (Wildman–Crippen MR) is 55.0 cm³/mol. The highest BCUT2D eigenvalue weighted by Gasteiger charge is 2.05. The van der Waals surface area contributed by atoms with Gasteiger partial charge in [-0.15, -0.1) is 0 Å². The molecule has 2 rings (SSSR count). The Balaban J connectivity index is 2.45. The molecule has 0 bridgehead atoms. The molecule has 15 heavy (non-hydrogen) atoms. The highest BCUT2D eigenvalue weighted by Crippen LogP contribution is 2.16. The summed E-state index contributed by atoms with van der Waals surface area (Å²) in [6, 6.07) is 3.24. The summed E-state index contributed by atoms with van der Waals surface area (Å²) < 4.78 is 1.67. The third kappa shape index (κ3) is 1.85. The van der Waals surface area contributed by atoms with E-state index in [1.807, 2.05) is 13.2 Å². The van der Waals surface area contributed by atoms with Crippen LogP contribution in [0.15, 0.2) is 30.7 Å². The van der Waals surface area contributed by atoms with Crippen molar-refractivity contribution in [2.45, 2.75) is 0 Å². The Kier molecular flexibility index (Phi) is 2.21. The molecular formula is C10H10N4O. The number of nitrogens with zero attached hydrogens (tertiary/aromatic N) is 3. The van der Waals surface area contributed by atoms with Gasteiger partial charge in [0.25, 0.3) is 0 Å². The van der Waals surface area contributed by atoms with Gasteiger partial charge in [0.2, 0.25) is 5.91 Å². The number of hydrogen-bond donors (Lipinski definition) is 1. The van der Waals surface area contributed by atoms with Crippen LogP contribution in [0, 0.1) is 0 Å². The van der Waals surface area contributed by atoms with Gasteiger partial charge in [0.05, 0.1) is 11.9 Å². The molecule has 0 spiro atoms. The van der Waals surface area contributed by atoms with Crippen LogP contribution in [0.25, 0.3) is 11.3 Å². The Labute approximate surface area is 86.5 Å². The molecule has 2 aromatic heterocycles. The Morgan fingerprint density at radius 1 is 1.53 bits per heavy atom. The van der Waals surface area contributed by atoms with E-state index >= 15 is 0 Å². The van der Waals surface area contributed by atoms with Gasteiger partial charge >= 0.3 is 0 Å². The molecule has 5 heteroatoms. The van der Waals surface area contributed by atoms with Crippen LogP contribution in [-0.4, -0.2) is 20.7 Å². The van der Waals surface area contributed by atoms with Crippen molar-refractivity contribution in [2.24, 2.45) is 12.8 Å². The van der Waals surface area contributed by atoms with Crippen LogP contribution in [-0.2, 0) is 7.05 Å². The van der Waals surface area contributed by atoms with E-state index in [0.29, 0.717) is 11.3 Å². The molecule has 0 aromatic carbocycles. The molecule has 0 aliphatic carbocycles. The number of nitrogens with two attached hydrogens (primary N) is 1. The highest BCUT2D eigenvalue weighted by atomic mass is 16.1. The largest absolute Gasteiger partial charge is 0.366 e. The van der Waals surface area contributed by atoms with Gasteiger partial charge in [-0.05, 0) is 12.1 Å². The third-order valence-corrected chi connectivity index (χ3v) is 2.05. The van der Waals surface area contributed by atoms with E-state index in [2.05, 4.69) is 10.1 Å². The number of rotatable bonds is 2. The average Bonchev–Trinajstić information content (AvgIpc) is 2.65. The van der Waals surface area contributed by atoms with Gasteiger partial charge < -0.3 is 5.73 Å². The monoisotopic (exact) mass is 202 g/mol. The van der Waals surface area contributed by atoms with E-state index in [4.69, 9.17) is 5.73 Å². The molecule has 1 amide bonds. The molecule has 0 saturated carbocycles. The molecule has 76 valence electrons. The zero-order valence-electron chi connectivity index (χ0n) is 8.21. The fourth-order valence-corrected chi connectivity index (χ4v) is 1.30. The molecule has 0 fully saturated rings. The number of carbonyl (C=O) groups is 1. The number of pyridine rings is 1. The zero-order valence-corrected chi connectivity index (χ0v) is 8.21. The maximum atomic E-state index is 11.0. The van der Waals surface area contributed by atoms with Crippen LogP contribution >= 0.6 is 0 Å². The first-order valence-electron chi connectivity index (χ1n) is 4.41. The number of aryl methyl sites for hydroxylation is 1. The number of hydrogen-bond acceptors (Lipinski definition) is 3. The molecule has 0 saturated heterocycles. The molecular weight excluding hydrogens is 192 g/mol. The normalized spacial score (nSPS) is 10.2. The molecule has 0 atom stereocenters. The van der Waals surface area contributed by atoms with Crippen LogP contribution in [0.1, 0.15) is 10.4 Å². The summed E-state index contributed by atoms with van der Waals surface area (Å²) in [5.41, 5.74) is 7.18. The van der Waals surface area contributed by atoms with Crippen molar-refractivity contribution in [3.05, 3.63) is 36.3 Å². The molecule has 0 unspecified atom stereocenters. The fourth-order valence-electron chi connectivity index (χ4n) is 1.30. The summed E-state index contributed by atoms with van der Waals surface area (Å²) in [5, 5.41) is 4.03. The molecule has 0 radical (unpaired) electrons. The molecule has 2 aromatic rings. The van der Waals surface area contributed by atoms with Gasteiger partial charge in [-0.3, -0.25) is 14.5 Å². The minimum atomic E-state index is -0.456. The van der Waals surface area contributed by atoms with E-state index in [-0.39, 0.29) is 0 Å². The van der Waals surface area contributed by atoms with Crippen molar-refractivity contribution in [2.75, 3.05) is 0 Å². The molecule has 0 aliphatic heterocycles. The first-order valence-corrected chi connectivity index (χ1v) is 4.41. The smallest absolute Gasteiger partial charge is 0.248 e. The van der Waals surface area contributed by atoms with Crippen molar-refractivity contribution in [3.63, 3.8) is 0 Å². The van der Waals surface area contributed by atoms with Crippen molar-refractivity contribution < 1.29 is 4.79 Å². The van der Waals surface area contributed by atoms with Gasteiger partial charge in [-0.1, -0.05) is 0 Å². The summed E-state index contributed by atoms with van der Waals surface area (Å²) in [6.45, 7) is 0. The number of aromatic nitrogens is 3. The van der Waals surface area contributed by atoms with Crippen molar-refractivity contribution in [1.29, 1.82) is 0 Å². The first-order chi connectivity index (χ1) is 7.16. The Morgan fingerprint density at radius 2 is 2.33 bits per heavy atom. The summed E-state index contributed by atoms with van der Waals surface area (Å²) in [6.07, 6.45) is 5.07. The predicted octanol–water partition coefficient (Wildman–Crippen LogP) is 0.581. The Morgan fingerprint density at radius 3 is 2.93 bits per heavy atom. The maximum absolute atomic E-state index is 11.0. The zero-order chi connectivity index (χ0) is 10.8. The third-order valence-electron chi connectivity index (χ3n) is 2.05. The van der Waals surface area contributed by atoms with Gasteiger partial charge in [-0.2, -0.15) is 5.10 Å². The van der Waals surface area contributed by atoms with Gasteiger partial charge in [-0.25, -0.2) is 0 Å². The molecule has 2 heterocycles. The lowest BCUT2D eigenvalue weighted by Gasteiger charge is -1.98.